The van der Waals surface area contributed by atoms with Crippen LogP contribution in [-0.2, 0) is 20.0 Å². The Kier molecular flexibility index (Phi) is 6.34. The van der Waals surface area contributed by atoms with E-state index in [0.29, 0.717) is 22.9 Å². The Labute approximate surface area is 192 Å². The summed E-state index contributed by atoms with van der Waals surface area (Å²) in [5.41, 5.74) is 0.800. The number of rotatable bonds is 8. The van der Waals surface area contributed by atoms with Crippen LogP contribution >= 0.6 is 0 Å². The number of benzene rings is 4. The fourth-order valence-electron chi connectivity index (χ4n) is 2.95. The van der Waals surface area contributed by atoms with Crippen LogP contribution in [0.15, 0.2) is 119 Å². The highest BCUT2D eigenvalue weighted by molar-refractivity contribution is 7.93. The molecule has 0 radical (unpaired) electrons. The Balaban J connectivity index is 1.39. The van der Waals surface area contributed by atoms with E-state index >= 15 is 0 Å². The smallest absolute Gasteiger partial charge is 0.261 e. The number of nitrogens with one attached hydrogen (secondary N) is 2. The van der Waals surface area contributed by atoms with Crippen LogP contribution < -0.4 is 14.2 Å². The van der Waals surface area contributed by atoms with Gasteiger partial charge in [0.25, 0.3) is 20.0 Å². The molecule has 0 fully saturated rings. The second kappa shape index (κ2) is 9.35. The summed E-state index contributed by atoms with van der Waals surface area (Å²) in [6.45, 7) is 0. The van der Waals surface area contributed by atoms with E-state index in [1.807, 2.05) is 0 Å². The van der Waals surface area contributed by atoms with Gasteiger partial charge in [0.15, 0.2) is 0 Å². The third-order valence-corrected chi connectivity index (χ3v) is 7.35. The summed E-state index contributed by atoms with van der Waals surface area (Å²) >= 11 is 0. The van der Waals surface area contributed by atoms with Gasteiger partial charge in [-0.05, 0) is 72.8 Å². The molecular weight excluding hydrogens is 460 g/mol. The van der Waals surface area contributed by atoms with Crippen molar-refractivity contribution in [2.75, 3.05) is 9.44 Å². The third kappa shape index (κ3) is 5.71. The van der Waals surface area contributed by atoms with Crippen LogP contribution in [0.1, 0.15) is 0 Å². The molecule has 9 heteroatoms. The fraction of sp³-hybridized carbons (Fsp3) is 0. The second-order valence-electron chi connectivity index (χ2n) is 6.99. The normalized spacial score (nSPS) is 11.5. The number of sulfonamides is 2. The lowest BCUT2D eigenvalue weighted by Gasteiger charge is -2.11. The molecule has 33 heavy (non-hydrogen) atoms. The van der Waals surface area contributed by atoms with E-state index in [1.54, 1.807) is 84.9 Å². The largest absolute Gasteiger partial charge is 0.457 e. The highest BCUT2D eigenvalue weighted by Crippen LogP contribution is 2.26. The quantitative estimate of drug-likeness (QED) is 0.366. The van der Waals surface area contributed by atoms with Gasteiger partial charge in [-0.25, -0.2) is 16.8 Å². The van der Waals surface area contributed by atoms with E-state index in [2.05, 4.69) is 9.44 Å². The van der Waals surface area contributed by atoms with E-state index in [-0.39, 0.29) is 9.79 Å². The van der Waals surface area contributed by atoms with Crippen molar-refractivity contribution in [2.24, 2.45) is 0 Å². The van der Waals surface area contributed by atoms with Crippen molar-refractivity contribution in [2.45, 2.75) is 9.79 Å². The van der Waals surface area contributed by atoms with Crippen LogP contribution in [0, 0.1) is 0 Å². The number of hydrogen-bond donors (Lipinski definition) is 2. The van der Waals surface area contributed by atoms with Gasteiger partial charge in [-0.3, -0.25) is 9.44 Å². The van der Waals surface area contributed by atoms with Gasteiger partial charge < -0.3 is 4.74 Å². The maximum absolute atomic E-state index is 12.4. The van der Waals surface area contributed by atoms with Crippen molar-refractivity contribution >= 4 is 31.4 Å². The van der Waals surface area contributed by atoms with Gasteiger partial charge in [-0.15, -0.1) is 0 Å². The summed E-state index contributed by atoms with van der Waals surface area (Å²) in [5, 5.41) is 0. The van der Waals surface area contributed by atoms with Gasteiger partial charge in [-0.1, -0.05) is 36.4 Å². The maximum atomic E-state index is 12.4. The topological polar surface area (TPSA) is 102 Å². The lowest BCUT2D eigenvalue weighted by Crippen LogP contribution is -2.12. The molecule has 0 saturated heterocycles. The van der Waals surface area contributed by atoms with Crippen LogP contribution in [-0.4, -0.2) is 16.8 Å². The van der Waals surface area contributed by atoms with E-state index in [0.717, 1.165) is 0 Å². The minimum absolute atomic E-state index is 0.174. The highest BCUT2D eigenvalue weighted by Gasteiger charge is 2.14. The van der Waals surface area contributed by atoms with E-state index in [4.69, 9.17) is 4.74 Å². The zero-order chi connectivity index (χ0) is 23.3. The summed E-state index contributed by atoms with van der Waals surface area (Å²) in [7, 11) is -7.34. The molecule has 4 aromatic carbocycles. The molecule has 7 nitrogen and oxygen atoms in total. The summed E-state index contributed by atoms with van der Waals surface area (Å²) in [6.07, 6.45) is 0. The van der Waals surface area contributed by atoms with Crippen molar-refractivity contribution in [1.82, 2.24) is 0 Å². The molecule has 0 amide bonds. The minimum atomic E-state index is -3.67. The fourth-order valence-corrected chi connectivity index (χ4v) is 5.10. The zero-order valence-corrected chi connectivity index (χ0v) is 18.9. The van der Waals surface area contributed by atoms with Crippen LogP contribution in [0.3, 0.4) is 0 Å². The molecule has 0 aliphatic carbocycles. The first-order valence-corrected chi connectivity index (χ1v) is 12.8. The molecule has 0 spiro atoms. The van der Waals surface area contributed by atoms with Gasteiger partial charge in [0.2, 0.25) is 0 Å². The average Bonchev–Trinajstić information content (AvgIpc) is 2.82. The van der Waals surface area contributed by atoms with Crippen molar-refractivity contribution in [3.8, 4) is 11.5 Å². The van der Waals surface area contributed by atoms with Gasteiger partial charge >= 0.3 is 0 Å². The number of hydrogen-bond acceptors (Lipinski definition) is 5. The van der Waals surface area contributed by atoms with Crippen molar-refractivity contribution < 1.29 is 21.6 Å². The summed E-state index contributed by atoms with van der Waals surface area (Å²) in [4.78, 5) is 0.349. The SMILES string of the molecule is O=S(=O)(Nc1ccc(Oc2ccc(NS(=O)(=O)c3ccccc3)cc2)cc1)c1ccccc1. The Bertz CT molecular complexity index is 1310. The molecule has 0 aromatic heterocycles. The van der Waals surface area contributed by atoms with Crippen LogP contribution in [0.5, 0.6) is 11.5 Å². The number of anilines is 2. The molecule has 2 N–H and O–H groups in total. The second-order valence-corrected chi connectivity index (χ2v) is 10.4. The Morgan fingerprint density at radius 3 is 1.12 bits per heavy atom. The van der Waals surface area contributed by atoms with Crippen LogP contribution in [0.4, 0.5) is 11.4 Å². The van der Waals surface area contributed by atoms with Crippen molar-refractivity contribution in [3.63, 3.8) is 0 Å². The summed E-state index contributed by atoms with van der Waals surface area (Å²) in [6, 6.07) is 29.1. The first-order chi connectivity index (χ1) is 15.8. The average molecular weight is 481 g/mol. The predicted molar refractivity (Wildman–Crippen MR) is 127 cm³/mol. The van der Waals surface area contributed by atoms with Gasteiger partial charge in [-0.2, -0.15) is 0 Å². The first kappa shape index (κ1) is 22.4. The van der Waals surface area contributed by atoms with Crippen molar-refractivity contribution in [3.05, 3.63) is 109 Å². The Morgan fingerprint density at radius 1 is 0.455 bits per heavy atom. The summed E-state index contributed by atoms with van der Waals surface area (Å²) < 4.78 is 60.4. The Hall–Kier alpha value is -3.82. The van der Waals surface area contributed by atoms with Gasteiger partial charge in [0.05, 0.1) is 9.79 Å². The first-order valence-electron chi connectivity index (χ1n) is 9.86. The lowest BCUT2D eigenvalue weighted by atomic mass is 10.3. The van der Waals surface area contributed by atoms with E-state index < -0.39 is 20.0 Å². The third-order valence-electron chi connectivity index (χ3n) is 4.56. The predicted octanol–water partition coefficient (Wildman–Crippen LogP) is 5.08. The molecule has 0 saturated carbocycles. The van der Waals surface area contributed by atoms with Crippen LogP contribution in [0.2, 0.25) is 0 Å². The van der Waals surface area contributed by atoms with Crippen molar-refractivity contribution in [1.29, 1.82) is 0 Å². The van der Waals surface area contributed by atoms with Gasteiger partial charge in [0, 0.05) is 11.4 Å². The Morgan fingerprint density at radius 2 is 0.788 bits per heavy atom. The maximum Gasteiger partial charge on any atom is 0.261 e. The molecule has 4 rings (SSSR count). The molecule has 0 aliphatic rings. The van der Waals surface area contributed by atoms with E-state index in [1.165, 1.54) is 24.3 Å². The monoisotopic (exact) mass is 480 g/mol. The molecule has 0 unspecified atom stereocenters. The molecule has 0 atom stereocenters. The molecule has 4 aromatic rings. The standard InChI is InChI=1S/C24H20N2O5S2/c27-32(28,23-7-3-1-4-8-23)25-19-11-15-21(16-12-19)31-22-17-13-20(14-18-22)26-33(29,30)24-9-5-2-6-10-24/h1-18,25-26H. The minimum Gasteiger partial charge on any atom is -0.457 e. The van der Waals surface area contributed by atoms with Crippen LogP contribution in [0.25, 0.3) is 0 Å². The lowest BCUT2D eigenvalue weighted by molar-refractivity contribution is 0.483. The summed E-state index contributed by atoms with van der Waals surface area (Å²) in [5.74, 6) is 0.991. The molecule has 168 valence electrons. The highest BCUT2D eigenvalue weighted by atomic mass is 32.2. The number of ether oxygens (including phenoxy) is 1. The van der Waals surface area contributed by atoms with E-state index in [9.17, 15) is 16.8 Å². The molecule has 0 heterocycles. The molecule has 0 aliphatic heterocycles. The molecule has 0 bridgehead atoms. The van der Waals surface area contributed by atoms with Gasteiger partial charge in [0.1, 0.15) is 11.5 Å². The zero-order valence-electron chi connectivity index (χ0n) is 17.3. The molecular formula is C24H20N2O5S2.